The summed E-state index contributed by atoms with van der Waals surface area (Å²) >= 11 is 0. The van der Waals surface area contributed by atoms with Crippen LogP contribution in [0.15, 0.2) is 0 Å². The molecule has 0 bridgehead atoms. The Hall–Kier alpha value is -0.180. The van der Waals surface area contributed by atoms with Crippen LogP contribution in [-0.2, 0) is 24.7 Å². The monoisotopic (exact) mass is 231 g/mol. The maximum atomic E-state index is 11.1. The van der Waals surface area contributed by atoms with E-state index in [1.807, 2.05) is 0 Å². The molecule has 0 amide bonds. The van der Waals surface area contributed by atoms with Gasteiger partial charge in [0.15, 0.2) is 0 Å². The molecule has 0 aromatic heterocycles. The van der Waals surface area contributed by atoms with Gasteiger partial charge in [-0.2, -0.15) is 0 Å². The van der Waals surface area contributed by atoms with Gasteiger partial charge in [0, 0.05) is 13.3 Å². The van der Waals surface area contributed by atoms with Crippen LogP contribution in [0, 0.1) is 0 Å². The van der Waals surface area contributed by atoms with Gasteiger partial charge >= 0.3 is 0 Å². The lowest BCUT2D eigenvalue weighted by Gasteiger charge is -2.12. The molecule has 0 saturated heterocycles. The number of hydrogen-bond acceptors (Lipinski definition) is 5. The summed E-state index contributed by atoms with van der Waals surface area (Å²) in [7, 11) is -4.47. The predicted octanol–water partition coefficient (Wildman–Crippen LogP) is -1.15. The minimum Gasteiger partial charge on any atom is -0.288 e. The molecule has 0 N–H and O–H groups in total. The van der Waals surface area contributed by atoms with Crippen molar-refractivity contribution in [1.29, 1.82) is 0 Å². The van der Waals surface area contributed by atoms with Gasteiger partial charge in [-0.3, -0.25) is 4.84 Å². The Morgan fingerprint density at radius 1 is 1.15 bits per heavy atom. The Bertz CT molecular complexity index is 343. The smallest absolute Gasteiger partial charge is 0.236 e. The summed E-state index contributed by atoms with van der Waals surface area (Å²) in [6.45, 7) is 0. The van der Waals surface area contributed by atoms with E-state index in [0.29, 0.717) is 4.47 Å². The van der Waals surface area contributed by atoms with E-state index < -0.39 is 31.4 Å². The molecule has 0 saturated carbocycles. The Morgan fingerprint density at radius 2 is 1.62 bits per heavy atom. The number of nitrogens with zero attached hydrogens (tertiary/aromatic N) is 1. The molecular weight excluding hydrogens is 218 g/mol. The number of sulfone groups is 1. The fraction of sp³-hybridized carbons (Fsp3) is 1.00. The van der Waals surface area contributed by atoms with E-state index in [0.717, 1.165) is 6.26 Å². The first-order valence-electron chi connectivity index (χ1n) is 3.37. The number of sulfonamides is 1. The van der Waals surface area contributed by atoms with Crippen molar-refractivity contribution in [3.8, 4) is 0 Å². The highest BCUT2D eigenvalue weighted by molar-refractivity contribution is 7.93. The molecule has 0 aliphatic heterocycles. The molecule has 0 rings (SSSR count). The second-order valence-electron chi connectivity index (χ2n) is 2.54. The molecule has 0 aromatic rings. The minimum absolute atomic E-state index is 0.400. The minimum atomic E-state index is -3.61. The van der Waals surface area contributed by atoms with Crippen LogP contribution in [0.1, 0.15) is 0 Å². The first kappa shape index (κ1) is 12.8. The van der Waals surface area contributed by atoms with E-state index in [-0.39, 0.29) is 0 Å². The largest absolute Gasteiger partial charge is 0.288 e. The van der Waals surface area contributed by atoms with E-state index >= 15 is 0 Å². The lowest BCUT2D eigenvalue weighted by molar-refractivity contribution is -0.0256. The van der Waals surface area contributed by atoms with Crippen molar-refractivity contribution in [3.63, 3.8) is 0 Å². The topological polar surface area (TPSA) is 80.8 Å². The summed E-state index contributed by atoms with van der Waals surface area (Å²) in [5.74, 6) is -0.862. The molecular formula is C5H13NO5S2. The van der Waals surface area contributed by atoms with Gasteiger partial charge in [0.2, 0.25) is 10.0 Å². The molecule has 0 spiro atoms. The van der Waals surface area contributed by atoms with E-state index in [9.17, 15) is 16.8 Å². The summed E-state index contributed by atoms with van der Waals surface area (Å²) in [6.07, 6.45) is 0.981. The first-order valence-corrected chi connectivity index (χ1v) is 7.04. The summed E-state index contributed by atoms with van der Waals surface area (Å²) in [5, 5.41) is 0. The molecule has 0 radical (unpaired) electrons. The first-order chi connectivity index (χ1) is 5.69. The highest BCUT2D eigenvalue weighted by Gasteiger charge is 2.19. The van der Waals surface area contributed by atoms with Crippen LogP contribution >= 0.6 is 0 Å². The van der Waals surface area contributed by atoms with Gasteiger partial charge in [0.25, 0.3) is 0 Å². The lowest BCUT2D eigenvalue weighted by atomic mass is 11.0. The van der Waals surface area contributed by atoms with Crippen LogP contribution in [0.25, 0.3) is 0 Å². The summed E-state index contributed by atoms with van der Waals surface area (Å²) < 4.78 is 44.3. The third kappa shape index (κ3) is 5.19. The maximum absolute atomic E-state index is 11.1. The quantitative estimate of drug-likeness (QED) is 0.558. The molecule has 80 valence electrons. The number of rotatable bonds is 5. The van der Waals surface area contributed by atoms with Gasteiger partial charge in [-0.25, -0.2) is 16.8 Å². The van der Waals surface area contributed by atoms with Crippen LogP contribution in [0.4, 0.5) is 0 Å². The fourth-order valence-corrected chi connectivity index (χ4v) is 3.04. The zero-order chi connectivity index (χ0) is 10.7. The van der Waals surface area contributed by atoms with Gasteiger partial charge in [-0.05, 0) is 0 Å². The molecule has 0 fully saturated rings. The zero-order valence-electron chi connectivity index (χ0n) is 7.72. The van der Waals surface area contributed by atoms with Crippen LogP contribution in [0.5, 0.6) is 0 Å². The van der Waals surface area contributed by atoms with Crippen LogP contribution in [0.2, 0.25) is 0 Å². The van der Waals surface area contributed by atoms with Crippen LogP contribution in [0.3, 0.4) is 0 Å². The van der Waals surface area contributed by atoms with E-state index in [1.54, 1.807) is 0 Å². The van der Waals surface area contributed by atoms with Gasteiger partial charge in [0.05, 0.1) is 18.6 Å². The number of hydroxylamine groups is 1. The summed E-state index contributed by atoms with van der Waals surface area (Å²) in [4.78, 5) is 4.43. The van der Waals surface area contributed by atoms with Crippen LogP contribution in [-0.4, -0.2) is 53.2 Å². The predicted molar refractivity (Wildman–Crippen MR) is 48.3 cm³/mol. The normalized spacial score (nSPS) is 13.5. The van der Waals surface area contributed by atoms with E-state index in [1.165, 1.54) is 14.2 Å². The van der Waals surface area contributed by atoms with Crippen molar-refractivity contribution < 1.29 is 21.7 Å². The highest BCUT2D eigenvalue weighted by Crippen LogP contribution is 1.98. The van der Waals surface area contributed by atoms with Crippen molar-refractivity contribution in [2.45, 2.75) is 0 Å². The SMILES string of the molecule is CON(C)S(=O)(=O)CCS(C)(=O)=O. The maximum Gasteiger partial charge on any atom is 0.236 e. The van der Waals surface area contributed by atoms with E-state index in [4.69, 9.17) is 0 Å². The molecule has 0 aliphatic carbocycles. The van der Waals surface area contributed by atoms with Crippen molar-refractivity contribution in [3.05, 3.63) is 0 Å². The standard InChI is InChI=1S/C5H13NO5S2/c1-6(11-2)13(9,10)5-4-12(3,7)8/h4-5H2,1-3H3. The average Bonchev–Trinajstić information content (AvgIpc) is 1.98. The van der Waals surface area contributed by atoms with Crippen molar-refractivity contribution in [2.24, 2.45) is 0 Å². The Labute approximate surface area is 78.4 Å². The summed E-state index contributed by atoms with van der Waals surface area (Å²) in [6, 6.07) is 0. The van der Waals surface area contributed by atoms with Gasteiger partial charge in [-0.1, -0.05) is 4.47 Å². The fourth-order valence-electron chi connectivity index (χ4n) is 0.499. The van der Waals surface area contributed by atoms with Crippen LogP contribution < -0.4 is 0 Å². The Kier molecular flexibility index (Phi) is 4.30. The molecule has 0 heterocycles. The molecule has 0 aromatic carbocycles. The molecule has 0 unspecified atom stereocenters. The van der Waals surface area contributed by atoms with Gasteiger partial charge in [0.1, 0.15) is 9.84 Å². The molecule has 8 heteroatoms. The second kappa shape index (κ2) is 4.36. The summed E-state index contributed by atoms with van der Waals surface area (Å²) in [5.41, 5.74) is 0. The molecule has 0 aliphatic rings. The van der Waals surface area contributed by atoms with Crippen molar-refractivity contribution in [1.82, 2.24) is 4.47 Å². The third-order valence-electron chi connectivity index (χ3n) is 1.36. The lowest BCUT2D eigenvalue weighted by Crippen LogP contribution is -2.30. The Morgan fingerprint density at radius 3 is 1.92 bits per heavy atom. The van der Waals surface area contributed by atoms with Crippen molar-refractivity contribution >= 4 is 19.9 Å². The average molecular weight is 231 g/mol. The van der Waals surface area contributed by atoms with Crippen molar-refractivity contribution in [2.75, 3.05) is 31.9 Å². The second-order valence-corrected chi connectivity index (χ2v) is 6.88. The molecule has 13 heavy (non-hydrogen) atoms. The molecule has 6 nitrogen and oxygen atoms in total. The highest BCUT2D eigenvalue weighted by atomic mass is 32.2. The zero-order valence-corrected chi connectivity index (χ0v) is 9.35. The van der Waals surface area contributed by atoms with E-state index in [2.05, 4.69) is 4.84 Å². The molecule has 0 atom stereocenters. The number of hydrogen-bond donors (Lipinski definition) is 0. The van der Waals surface area contributed by atoms with Gasteiger partial charge in [-0.15, -0.1) is 0 Å². The van der Waals surface area contributed by atoms with Gasteiger partial charge < -0.3 is 0 Å². The third-order valence-corrected chi connectivity index (χ3v) is 4.22. The Balaban J connectivity index is 4.38.